The number of nitrogens with zero attached hydrogens (tertiary/aromatic N) is 5. The number of halogens is 1. The summed E-state index contributed by atoms with van der Waals surface area (Å²) in [5.74, 6) is -0.934. The normalized spacial score (nSPS) is 18.3. The van der Waals surface area contributed by atoms with E-state index >= 15 is 0 Å². The first-order valence-electron chi connectivity index (χ1n) is 11.1. The standard InChI is InChI=1S/C25H24FN7O/c1-14-10-32(11-15(2)29-14)22-5-4-19(23-20(22)6-17(8-27)9-28-23)25(34)31-18-7-21(26)24-30-16(3)12-33(24)13-18/h4-7,9,12-15,29H,10-11H2,1-3H3,(H,31,34)/t14-,15-/m0/s1. The number of amides is 1. The van der Waals surface area contributed by atoms with Crippen LogP contribution in [0.3, 0.4) is 0 Å². The van der Waals surface area contributed by atoms with Gasteiger partial charge in [0.25, 0.3) is 5.91 Å². The number of aryl methyl sites for hydroxylation is 1. The Morgan fingerprint density at radius 3 is 2.74 bits per heavy atom. The highest BCUT2D eigenvalue weighted by molar-refractivity contribution is 6.14. The summed E-state index contributed by atoms with van der Waals surface area (Å²) in [6.45, 7) is 7.63. The molecular weight excluding hydrogens is 433 g/mol. The van der Waals surface area contributed by atoms with E-state index in [0.29, 0.717) is 40.1 Å². The molecule has 8 nitrogen and oxygen atoms in total. The zero-order valence-corrected chi connectivity index (χ0v) is 19.1. The molecule has 3 aromatic heterocycles. The molecule has 0 saturated carbocycles. The van der Waals surface area contributed by atoms with Crippen LogP contribution in [-0.2, 0) is 0 Å². The average Bonchev–Trinajstić information content (AvgIpc) is 3.18. The minimum atomic E-state index is -0.523. The molecule has 1 saturated heterocycles. The fourth-order valence-corrected chi connectivity index (χ4v) is 4.70. The van der Waals surface area contributed by atoms with Crippen LogP contribution in [0.4, 0.5) is 15.8 Å². The molecule has 2 N–H and O–H groups in total. The molecule has 4 heterocycles. The van der Waals surface area contributed by atoms with Crippen molar-refractivity contribution in [2.75, 3.05) is 23.3 Å². The third-order valence-electron chi connectivity index (χ3n) is 5.98. The highest BCUT2D eigenvalue weighted by Gasteiger charge is 2.24. The van der Waals surface area contributed by atoms with Crippen molar-refractivity contribution in [3.63, 3.8) is 0 Å². The summed E-state index contributed by atoms with van der Waals surface area (Å²) in [6.07, 6.45) is 4.78. The van der Waals surface area contributed by atoms with E-state index in [4.69, 9.17) is 0 Å². The Bertz CT molecular complexity index is 1460. The fourth-order valence-electron chi connectivity index (χ4n) is 4.70. The molecule has 9 heteroatoms. The van der Waals surface area contributed by atoms with Crippen molar-refractivity contribution in [3.05, 3.63) is 65.5 Å². The lowest BCUT2D eigenvalue weighted by Gasteiger charge is -2.38. The van der Waals surface area contributed by atoms with Crippen LogP contribution in [0.1, 0.15) is 35.5 Å². The van der Waals surface area contributed by atoms with E-state index in [1.54, 1.807) is 35.9 Å². The van der Waals surface area contributed by atoms with Crippen LogP contribution in [0, 0.1) is 24.1 Å². The number of nitrogens with one attached hydrogen (secondary N) is 2. The maximum Gasteiger partial charge on any atom is 0.257 e. The van der Waals surface area contributed by atoms with Crippen molar-refractivity contribution in [1.29, 1.82) is 5.26 Å². The lowest BCUT2D eigenvalue weighted by molar-refractivity contribution is 0.102. The number of nitriles is 1. The number of carbonyl (C=O) groups is 1. The van der Waals surface area contributed by atoms with Crippen molar-refractivity contribution in [2.24, 2.45) is 0 Å². The van der Waals surface area contributed by atoms with E-state index in [9.17, 15) is 14.4 Å². The van der Waals surface area contributed by atoms with Crippen LogP contribution in [-0.4, -0.2) is 45.4 Å². The van der Waals surface area contributed by atoms with Crippen molar-refractivity contribution in [3.8, 4) is 6.07 Å². The van der Waals surface area contributed by atoms with E-state index in [2.05, 4.69) is 45.4 Å². The maximum absolute atomic E-state index is 14.5. The summed E-state index contributed by atoms with van der Waals surface area (Å²) in [5.41, 5.74) is 3.38. The molecule has 0 radical (unpaired) electrons. The first-order chi connectivity index (χ1) is 16.3. The Morgan fingerprint density at radius 2 is 2.00 bits per heavy atom. The highest BCUT2D eigenvalue weighted by atomic mass is 19.1. The van der Waals surface area contributed by atoms with Gasteiger partial charge >= 0.3 is 0 Å². The van der Waals surface area contributed by atoms with Crippen LogP contribution in [0.2, 0.25) is 0 Å². The quantitative estimate of drug-likeness (QED) is 0.487. The predicted molar refractivity (Wildman–Crippen MR) is 129 cm³/mol. The summed E-state index contributed by atoms with van der Waals surface area (Å²) in [4.78, 5) is 24.1. The molecular formula is C25H24FN7O. The largest absolute Gasteiger partial charge is 0.368 e. The van der Waals surface area contributed by atoms with Gasteiger partial charge in [0.15, 0.2) is 11.5 Å². The van der Waals surface area contributed by atoms with Gasteiger partial charge in [0.2, 0.25) is 0 Å². The van der Waals surface area contributed by atoms with E-state index in [-0.39, 0.29) is 5.65 Å². The molecule has 0 bridgehead atoms. The number of aromatic nitrogens is 3. The van der Waals surface area contributed by atoms with Gasteiger partial charge in [0.05, 0.1) is 28.0 Å². The van der Waals surface area contributed by atoms with E-state index in [0.717, 1.165) is 24.2 Å². The molecule has 0 aliphatic carbocycles. The van der Waals surface area contributed by atoms with Gasteiger partial charge in [-0.3, -0.25) is 9.78 Å². The van der Waals surface area contributed by atoms with Gasteiger partial charge in [-0.25, -0.2) is 9.37 Å². The molecule has 34 heavy (non-hydrogen) atoms. The fraction of sp³-hybridized carbons (Fsp3) is 0.280. The second-order valence-corrected chi connectivity index (χ2v) is 8.88. The van der Waals surface area contributed by atoms with Gasteiger partial charge in [-0.05, 0) is 39.0 Å². The van der Waals surface area contributed by atoms with Gasteiger partial charge in [0.1, 0.15) is 6.07 Å². The lowest BCUT2D eigenvalue weighted by Crippen LogP contribution is -2.54. The molecule has 0 spiro atoms. The van der Waals surface area contributed by atoms with Crippen LogP contribution < -0.4 is 15.5 Å². The first kappa shape index (κ1) is 21.8. The molecule has 0 unspecified atom stereocenters. The van der Waals surface area contributed by atoms with Crippen molar-refractivity contribution in [1.82, 2.24) is 19.7 Å². The topological polar surface area (TPSA) is 98.3 Å². The van der Waals surface area contributed by atoms with Crippen molar-refractivity contribution < 1.29 is 9.18 Å². The third-order valence-corrected chi connectivity index (χ3v) is 5.98. The summed E-state index contributed by atoms with van der Waals surface area (Å²) in [7, 11) is 0. The maximum atomic E-state index is 14.5. The Balaban J connectivity index is 1.55. The smallest absolute Gasteiger partial charge is 0.257 e. The average molecular weight is 458 g/mol. The number of imidazole rings is 1. The summed E-state index contributed by atoms with van der Waals surface area (Å²) in [6, 6.07) is 9.38. The minimum absolute atomic E-state index is 0.204. The molecule has 1 aromatic carbocycles. The highest BCUT2D eigenvalue weighted by Crippen LogP contribution is 2.31. The van der Waals surface area contributed by atoms with Crippen LogP contribution >= 0.6 is 0 Å². The van der Waals surface area contributed by atoms with E-state index < -0.39 is 11.7 Å². The number of hydrogen-bond donors (Lipinski definition) is 2. The number of benzene rings is 1. The molecule has 1 aliphatic heterocycles. The Kier molecular flexibility index (Phi) is 5.38. The van der Waals surface area contributed by atoms with Crippen LogP contribution in [0.5, 0.6) is 0 Å². The number of piperazine rings is 1. The van der Waals surface area contributed by atoms with Crippen molar-refractivity contribution >= 4 is 33.8 Å². The Hall–Kier alpha value is -4.03. The minimum Gasteiger partial charge on any atom is -0.368 e. The van der Waals surface area contributed by atoms with Crippen LogP contribution in [0.25, 0.3) is 16.6 Å². The predicted octanol–water partition coefficient (Wildman–Crippen LogP) is 3.64. The number of pyridine rings is 2. The number of anilines is 2. The molecule has 1 amide bonds. The number of fused-ring (bicyclic) bond motifs is 2. The molecule has 1 aliphatic rings. The summed E-state index contributed by atoms with van der Waals surface area (Å²) < 4.78 is 16.0. The first-order valence-corrected chi connectivity index (χ1v) is 11.1. The SMILES string of the molecule is Cc1cn2cc(NC(=O)c3ccc(N4C[C@H](C)N[C@@H](C)C4)c4cc(C#N)cnc34)cc(F)c2n1. The molecule has 2 atom stereocenters. The van der Waals surface area contributed by atoms with Gasteiger partial charge in [-0.1, -0.05) is 0 Å². The number of carbonyl (C=O) groups excluding carboxylic acids is 1. The van der Waals surface area contributed by atoms with Gasteiger partial charge in [-0.2, -0.15) is 5.26 Å². The zero-order valence-electron chi connectivity index (χ0n) is 19.1. The van der Waals surface area contributed by atoms with Crippen molar-refractivity contribution in [2.45, 2.75) is 32.9 Å². The Labute approximate surface area is 196 Å². The van der Waals surface area contributed by atoms with Crippen LogP contribution in [0.15, 0.2) is 42.9 Å². The third kappa shape index (κ3) is 3.93. The zero-order chi connectivity index (χ0) is 24.0. The van der Waals surface area contributed by atoms with E-state index in [1.807, 2.05) is 6.07 Å². The number of rotatable bonds is 3. The molecule has 1 fully saturated rings. The van der Waals surface area contributed by atoms with Gasteiger partial charge < -0.3 is 19.9 Å². The van der Waals surface area contributed by atoms with Gasteiger partial charge in [0, 0.05) is 60.9 Å². The molecule has 4 aromatic rings. The van der Waals surface area contributed by atoms with Gasteiger partial charge in [-0.15, -0.1) is 0 Å². The summed E-state index contributed by atoms with van der Waals surface area (Å²) >= 11 is 0. The Morgan fingerprint density at radius 1 is 1.24 bits per heavy atom. The number of hydrogen-bond acceptors (Lipinski definition) is 6. The second kappa shape index (κ2) is 8.39. The monoisotopic (exact) mass is 457 g/mol. The molecule has 5 rings (SSSR count). The lowest BCUT2D eigenvalue weighted by atomic mass is 10.0. The van der Waals surface area contributed by atoms with E-state index in [1.165, 1.54) is 12.3 Å². The molecule has 172 valence electrons. The summed E-state index contributed by atoms with van der Waals surface area (Å²) in [5, 5.41) is 16.5. The second-order valence-electron chi connectivity index (χ2n) is 8.88.